The van der Waals surface area contributed by atoms with Gasteiger partial charge in [0.2, 0.25) is 5.91 Å². The van der Waals surface area contributed by atoms with Gasteiger partial charge in [-0.3, -0.25) is 9.59 Å². The number of nitrogens with one attached hydrogen (secondary N) is 1. The molecule has 2 heterocycles. The number of fused-ring (bicyclic) bond motifs is 1. The van der Waals surface area contributed by atoms with E-state index in [1.807, 2.05) is 6.08 Å². The number of carbonyl (C=O) groups excluding carboxylic acids is 2. The molecule has 0 bridgehead atoms. The van der Waals surface area contributed by atoms with Gasteiger partial charge in [-0.1, -0.05) is 57.8 Å². The van der Waals surface area contributed by atoms with Gasteiger partial charge in [0.25, 0.3) is 0 Å². The summed E-state index contributed by atoms with van der Waals surface area (Å²) in [4.78, 5) is 25.6. The Morgan fingerprint density at radius 3 is 2.65 bits per heavy atom. The lowest BCUT2D eigenvalue weighted by molar-refractivity contribution is -0.287. The Morgan fingerprint density at radius 2 is 1.95 bits per heavy atom. The molecule has 10 nitrogen and oxygen atoms in total. The summed E-state index contributed by atoms with van der Waals surface area (Å²) in [7, 11) is 4.73. The van der Waals surface area contributed by atoms with E-state index in [4.69, 9.17) is 28.4 Å². The lowest BCUT2D eigenvalue weighted by atomic mass is 9.80. The lowest BCUT2D eigenvalue weighted by Crippen LogP contribution is -2.56. The number of aliphatic hydroxyl groups excluding tert-OH is 1. The molecule has 2 aliphatic heterocycles. The largest absolute Gasteiger partial charge is 0.387 e. The van der Waals surface area contributed by atoms with Crippen LogP contribution in [0.25, 0.3) is 0 Å². The van der Waals surface area contributed by atoms with Gasteiger partial charge in [-0.2, -0.15) is 0 Å². The maximum Gasteiger partial charge on any atom is 0.220 e. The molecule has 43 heavy (non-hydrogen) atoms. The van der Waals surface area contributed by atoms with Gasteiger partial charge in [-0.15, -0.1) is 0 Å². The Morgan fingerprint density at radius 1 is 1.19 bits per heavy atom. The van der Waals surface area contributed by atoms with Crippen molar-refractivity contribution in [3.8, 4) is 0 Å². The number of Topliss-reactive ketones (excluding diaryl/α,β-unsaturated/α-hetero) is 1. The summed E-state index contributed by atoms with van der Waals surface area (Å²) < 4.78 is 34.2. The van der Waals surface area contributed by atoms with Crippen molar-refractivity contribution in [3.63, 3.8) is 0 Å². The summed E-state index contributed by atoms with van der Waals surface area (Å²) in [5, 5.41) is 13.5. The van der Waals surface area contributed by atoms with Crippen molar-refractivity contribution >= 4 is 11.7 Å². The third kappa shape index (κ3) is 9.29. The van der Waals surface area contributed by atoms with Gasteiger partial charge in [0.1, 0.15) is 30.5 Å². The van der Waals surface area contributed by atoms with Crippen LogP contribution in [0, 0.1) is 0 Å². The molecule has 0 unspecified atom stereocenters. The monoisotopic (exact) mass is 607 g/mol. The van der Waals surface area contributed by atoms with Gasteiger partial charge in [-0.05, 0) is 49.8 Å². The molecule has 0 aromatic carbocycles. The van der Waals surface area contributed by atoms with E-state index in [1.165, 1.54) is 46.3 Å². The van der Waals surface area contributed by atoms with Crippen LogP contribution in [0.4, 0.5) is 0 Å². The molecule has 0 aromatic heterocycles. The van der Waals surface area contributed by atoms with E-state index in [-0.39, 0.29) is 24.4 Å². The van der Waals surface area contributed by atoms with Gasteiger partial charge in [0.15, 0.2) is 17.7 Å². The predicted octanol–water partition coefficient (Wildman–Crippen LogP) is 3.95. The first kappa shape index (κ1) is 35.6. The van der Waals surface area contributed by atoms with Crippen molar-refractivity contribution in [1.29, 1.82) is 0 Å². The number of ketones is 1. The highest BCUT2D eigenvalue weighted by Gasteiger charge is 2.69. The fourth-order valence-electron chi connectivity index (χ4n) is 5.91. The van der Waals surface area contributed by atoms with E-state index < -0.39 is 42.4 Å². The van der Waals surface area contributed by atoms with Crippen molar-refractivity contribution < 1.29 is 43.1 Å². The first-order chi connectivity index (χ1) is 20.7. The van der Waals surface area contributed by atoms with E-state index in [9.17, 15) is 14.7 Å². The minimum atomic E-state index is -1.18. The highest BCUT2D eigenvalue weighted by Crippen LogP contribution is 2.51. The molecular weight excluding hydrogens is 554 g/mol. The van der Waals surface area contributed by atoms with Crippen LogP contribution in [0.3, 0.4) is 0 Å². The number of hydrogen-bond donors (Lipinski definition) is 2. The second-order valence-corrected chi connectivity index (χ2v) is 11.7. The zero-order valence-corrected chi connectivity index (χ0v) is 26.7. The third-order valence-corrected chi connectivity index (χ3v) is 8.68. The molecule has 0 aromatic rings. The number of epoxide rings is 1. The predicted molar refractivity (Wildman–Crippen MR) is 163 cm³/mol. The molecule has 3 aliphatic rings. The van der Waals surface area contributed by atoms with Gasteiger partial charge < -0.3 is 38.8 Å². The smallest absolute Gasteiger partial charge is 0.220 e. The Kier molecular flexibility index (Phi) is 14.5. The zero-order chi connectivity index (χ0) is 31.4. The topological polar surface area (TPSA) is 125 Å². The van der Waals surface area contributed by atoms with Gasteiger partial charge in [-0.25, -0.2) is 0 Å². The summed E-state index contributed by atoms with van der Waals surface area (Å²) in [5.74, 6) is -0.205. The lowest BCUT2D eigenvalue weighted by Gasteiger charge is -2.39. The van der Waals surface area contributed by atoms with Crippen LogP contribution < -0.4 is 5.32 Å². The molecule has 244 valence electrons. The normalized spacial score (nSPS) is 31.0. The maximum atomic E-state index is 13.2. The number of amides is 1. The SMILES string of the molecule is C=C(CCNC(=O)CC/C=C/C[C@H](CCCCCCC)OC)[C@]12O[C@H]1[C@H](O[C@@H]1OC[C@@H](OC)[C@H](O)[C@H]1OC)C=C(C)C2=O. The maximum absolute atomic E-state index is 13.2. The number of methoxy groups -OCH3 is 3. The first-order valence-corrected chi connectivity index (χ1v) is 15.8. The van der Waals surface area contributed by atoms with Crippen LogP contribution in [-0.4, -0.2) is 99.8 Å². The van der Waals surface area contributed by atoms with Crippen molar-refractivity contribution in [2.24, 2.45) is 0 Å². The van der Waals surface area contributed by atoms with Gasteiger partial charge in [0, 0.05) is 34.3 Å². The molecule has 2 saturated heterocycles. The Labute approximate surface area is 257 Å². The fraction of sp³-hybridized carbons (Fsp3) is 0.758. The number of unbranched alkanes of at least 4 members (excludes halogenated alkanes) is 4. The highest BCUT2D eigenvalue weighted by molar-refractivity contribution is 6.07. The molecule has 1 aliphatic carbocycles. The van der Waals surface area contributed by atoms with Crippen LogP contribution in [-0.2, 0) is 38.0 Å². The molecule has 0 radical (unpaired) electrons. The summed E-state index contributed by atoms with van der Waals surface area (Å²) in [6.07, 6.45) is 11.4. The summed E-state index contributed by atoms with van der Waals surface area (Å²) in [6, 6.07) is 0. The molecule has 3 rings (SSSR count). The molecular formula is C33H53NO9. The first-order valence-electron chi connectivity index (χ1n) is 15.8. The van der Waals surface area contributed by atoms with Crippen LogP contribution >= 0.6 is 0 Å². The number of aliphatic hydroxyl groups is 1. The van der Waals surface area contributed by atoms with E-state index in [0.29, 0.717) is 37.0 Å². The third-order valence-electron chi connectivity index (χ3n) is 8.68. The molecule has 2 N–H and O–H groups in total. The Balaban J connectivity index is 1.40. The average molecular weight is 608 g/mol. The molecule has 0 spiro atoms. The van der Waals surface area contributed by atoms with Crippen LogP contribution in [0.15, 0.2) is 36.0 Å². The number of hydrogen-bond acceptors (Lipinski definition) is 9. The van der Waals surface area contributed by atoms with Gasteiger partial charge >= 0.3 is 0 Å². The molecule has 10 heteroatoms. The summed E-state index contributed by atoms with van der Waals surface area (Å²) >= 11 is 0. The number of rotatable bonds is 20. The Bertz CT molecular complexity index is 981. The standard InChI is InChI=1S/C33H53NO9/c1-7-8-9-10-12-15-24(38-4)16-13-11-14-17-27(35)34-19-18-23(3)33-30(37)22(2)20-25(31(33)43-33)42-32-29(40-6)28(36)26(39-5)21-41-32/h11,13,20,24-26,28-29,31-32,36H,3,7-10,12,14-19,21H2,1-2,4-6H3,(H,34,35)/b13-11+/t24-,25+,26+,28-,29+,31-,32-,33+/m0/s1. The van der Waals surface area contributed by atoms with E-state index in [1.54, 1.807) is 20.1 Å². The highest BCUT2D eigenvalue weighted by atomic mass is 16.7. The molecule has 0 saturated carbocycles. The second-order valence-electron chi connectivity index (χ2n) is 11.7. The van der Waals surface area contributed by atoms with E-state index in [2.05, 4.69) is 24.9 Å². The quantitative estimate of drug-likeness (QED) is 0.120. The van der Waals surface area contributed by atoms with E-state index >= 15 is 0 Å². The second kappa shape index (κ2) is 17.5. The van der Waals surface area contributed by atoms with Crippen molar-refractivity contribution in [1.82, 2.24) is 5.32 Å². The summed E-state index contributed by atoms with van der Waals surface area (Å²) in [6.45, 7) is 8.58. The van der Waals surface area contributed by atoms with Crippen LogP contribution in [0.5, 0.6) is 0 Å². The molecule has 8 atom stereocenters. The van der Waals surface area contributed by atoms with Crippen LogP contribution in [0.2, 0.25) is 0 Å². The Hall–Kier alpha value is -1.92. The fourth-order valence-corrected chi connectivity index (χ4v) is 5.91. The van der Waals surface area contributed by atoms with Crippen molar-refractivity contribution in [3.05, 3.63) is 36.0 Å². The average Bonchev–Trinajstić information content (AvgIpc) is 3.76. The van der Waals surface area contributed by atoms with Crippen LogP contribution in [0.1, 0.15) is 78.1 Å². The number of ether oxygens (including phenoxy) is 6. The number of carbonyl (C=O) groups is 2. The van der Waals surface area contributed by atoms with Crippen molar-refractivity contribution in [2.45, 2.75) is 127 Å². The van der Waals surface area contributed by atoms with Crippen molar-refractivity contribution in [2.75, 3.05) is 34.5 Å². The summed E-state index contributed by atoms with van der Waals surface area (Å²) in [5.41, 5.74) is -0.0881. The minimum Gasteiger partial charge on any atom is -0.387 e. The van der Waals surface area contributed by atoms with E-state index in [0.717, 1.165) is 12.8 Å². The molecule has 1 amide bonds. The molecule has 2 fully saturated rings. The number of allylic oxidation sites excluding steroid dienone is 1. The zero-order valence-electron chi connectivity index (χ0n) is 26.7. The minimum absolute atomic E-state index is 0.0531. The van der Waals surface area contributed by atoms with Gasteiger partial charge in [0.05, 0.1) is 12.7 Å².